The van der Waals surface area contributed by atoms with Gasteiger partial charge >= 0.3 is 5.97 Å². The molecule has 2 atom stereocenters. The Balaban J connectivity index is 1.56. The van der Waals surface area contributed by atoms with Crippen LogP contribution in [0.4, 0.5) is 5.82 Å². The number of nitrogens with zero attached hydrogens (tertiary/aromatic N) is 4. The zero-order valence-corrected chi connectivity index (χ0v) is 28.2. The number of anilines is 1. The second-order valence-corrected chi connectivity index (χ2v) is 14.1. The summed E-state index contributed by atoms with van der Waals surface area (Å²) in [6, 6.07) is 19.5. The van der Waals surface area contributed by atoms with Crippen LogP contribution in [0.3, 0.4) is 0 Å². The van der Waals surface area contributed by atoms with Gasteiger partial charge in [-0.3, -0.25) is 19.0 Å². The van der Waals surface area contributed by atoms with Crippen molar-refractivity contribution in [2.75, 3.05) is 37.6 Å². The smallest absolute Gasteiger partial charge is 0.337 e. The molecule has 0 saturated carbocycles. The van der Waals surface area contributed by atoms with E-state index in [4.69, 9.17) is 27.9 Å². The lowest BCUT2D eigenvalue weighted by molar-refractivity contribution is -0.130. The third-order valence-electron chi connectivity index (χ3n) is 8.63. The van der Waals surface area contributed by atoms with Gasteiger partial charge < -0.3 is 14.5 Å². The molecule has 2 aliphatic rings. The van der Waals surface area contributed by atoms with Crippen LogP contribution in [0.15, 0.2) is 94.6 Å². The van der Waals surface area contributed by atoms with Crippen molar-refractivity contribution in [1.82, 2.24) is 14.4 Å². The first-order chi connectivity index (χ1) is 22.9. The first kappa shape index (κ1) is 33.3. The average molecular weight is 710 g/mol. The zero-order valence-electron chi connectivity index (χ0n) is 25.9. The van der Waals surface area contributed by atoms with Crippen LogP contribution in [0.1, 0.15) is 50.9 Å². The number of esters is 1. The van der Waals surface area contributed by atoms with Crippen LogP contribution < -0.4 is 9.86 Å². The Bertz CT molecular complexity index is 2080. The van der Waals surface area contributed by atoms with E-state index >= 15 is 0 Å². The predicted octanol–water partition coefficient (Wildman–Crippen LogP) is 4.79. The largest absolute Gasteiger partial charge is 0.465 e. The summed E-state index contributed by atoms with van der Waals surface area (Å²) < 4.78 is 36.7. The van der Waals surface area contributed by atoms with Crippen molar-refractivity contribution < 1.29 is 27.5 Å². The molecule has 3 heterocycles. The van der Waals surface area contributed by atoms with Gasteiger partial charge in [0, 0.05) is 43.1 Å². The Morgan fingerprint density at radius 3 is 1.90 bits per heavy atom. The lowest BCUT2D eigenvalue weighted by Gasteiger charge is -2.34. The molecule has 1 fully saturated rings. The number of hydrogen-bond donors (Lipinski definition) is 0. The van der Waals surface area contributed by atoms with E-state index < -0.39 is 39.5 Å². The standard InChI is InChI=1S/C34H30Cl2N4O7S/c1-21(41)37-16-18-38(19-17-37)32(42)28-14-15-29-39(33(28)43)30(22-6-10-25(35)11-7-22)31(23-8-12-26(36)13-9-23)40(29)48(45,46)27-5-3-4-24(20-27)34(44)47-2/h3-15,20,30-31H,16-19H2,1-2H3/t30-,31+/m0/s1. The Morgan fingerprint density at radius 1 is 0.771 bits per heavy atom. The van der Waals surface area contributed by atoms with Crippen molar-refractivity contribution in [2.24, 2.45) is 0 Å². The summed E-state index contributed by atoms with van der Waals surface area (Å²) in [6.07, 6.45) is 0. The number of ether oxygens (including phenoxy) is 1. The Labute approximate surface area is 286 Å². The molecule has 48 heavy (non-hydrogen) atoms. The number of methoxy groups -OCH3 is 1. The monoisotopic (exact) mass is 708 g/mol. The maximum absolute atomic E-state index is 14.7. The molecule has 1 aromatic heterocycles. The zero-order chi connectivity index (χ0) is 34.3. The minimum absolute atomic E-state index is 0.0151. The first-order valence-electron chi connectivity index (χ1n) is 15.0. The fourth-order valence-corrected chi connectivity index (χ4v) is 8.15. The van der Waals surface area contributed by atoms with Crippen molar-refractivity contribution >= 4 is 56.8 Å². The molecule has 2 aliphatic heterocycles. The minimum Gasteiger partial charge on any atom is -0.465 e. The van der Waals surface area contributed by atoms with Crippen LogP contribution in [0.25, 0.3) is 0 Å². The quantitative estimate of drug-likeness (QED) is 0.264. The molecule has 2 amide bonds. The van der Waals surface area contributed by atoms with Crippen molar-refractivity contribution in [3.63, 3.8) is 0 Å². The van der Waals surface area contributed by atoms with Gasteiger partial charge in [0.2, 0.25) is 5.91 Å². The van der Waals surface area contributed by atoms with Crippen LogP contribution in [-0.4, -0.2) is 73.9 Å². The summed E-state index contributed by atoms with van der Waals surface area (Å²) in [5.41, 5.74) is 0.271. The number of amides is 2. The van der Waals surface area contributed by atoms with Crippen molar-refractivity contribution in [3.8, 4) is 0 Å². The van der Waals surface area contributed by atoms with E-state index in [1.807, 2.05) is 0 Å². The number of fused-ring (bicyclic) bond motifs is 1. The second-order valence-electron chi connectivity index (χ2n) is 11.4. The van der Waals surface area contributed by atoms with Crippen LogP contribution >= 0.6 is 23.2 Å². The van der Waals surface area contributed by atoms with Crippen LogP contribution in [0.2, 0.25) is 10.0 Å². The Kier molecular flexibility index (Phi) is 9.08. The molecular weight excluding hydrogens is 679 g/mol. The SMILES string of the molecule is COC(=O)c1cccc(S(=O)(=O)N2c3ccc(C(=O)N4CCN(C(C)=O)CC4)c(=O)n3[C@@H](c3ccc(Cl)cc3)[C@H]2c2ccc(Cl)cc2)c1. The highest BCUT2D eigenvalue weighted by molar-refractivity contribution is 7.92. The number of rotatable bonds is 6. The normalized spacial score (nSPS) is 17.6. The van der Waals surface area contributed by atoms with Crippen molar-refractivity contribution in [3.05, 3.63) is 128 Å². The summed E-state index contributed by atoms with van der Waals surface area (Å²) in [5, 5.41) is 0.859. The van der Waals surface area contributed by atoms with E-state index in [1.165, 1.54) is 59.9 Å². The molecule has 4 aromatic rings. The van der Waals surface area contributed by atoms with Gasteiger partial charge in [-0.25, -0.2) is 17.5 Å². The van der Waals surface area contributed by atoms with Crippen molar-refractivity contribution in [2.45, 2.75) is 23.9 Å². The topological polar surface area (TPSA) is 126 Å². The molecule has 0 spiro atoms. The molecule has 0 N–H and O–H groups in total. The Morgan fingerprint density at radius 2 is 1.33 bits per heavy atom. The summed E-state index contributed by atoms with van der Waals surface area (Å²) in [5.74, 6) is -1.33. The number of hydrogen-bond acceptors (Lipinski definition) is 7. The number of carbonyl (C=O) groups is 3. The van der Waals surface area contributed by atoms with Crippen LogP contribution in [0, 0.1) is 0 Å². The molecular formula is C34H30Cl2N4O7S. The van der Waals surface area contributed by atoms with E-state index in [2.05, 4.69) is 0 Å². The highest BCUT2D eigenvalue weighted by atomic mass is 35.5. The van der Waals surface area contributed by atoms with Crippen molar-refractivity contribution in [1.29, 1.82) is 0 Å². The van der Waals surface area contributed by atoms with E-state index in [-0.39, 0.29) is 40.8 Å². The minimum atomic E-state index is -4.48. The fraction of sp³-hybridized carbons (Fsp3) is 0.235. The lowest BCUT2D eigenvalue weighted by Crippen LogP contribution is -2.51. The van der Waals surface area contributed by atoms with E-state index in [0.29, 0.717) is 34.3 Å². The molecule has 14 heteroatoms. The Hall–Kier alpha value is -4.65. The molecule has 3 aromatic carbocycles. The maximum atomic E-state index is 14.7. The van der Waals surface area contributed by atoms with Gasteiger partial charge in [-0.1, -0.05) is 53.5 Å². The number of carbonyl (C=O) groups excluding carboxylic acids is 3. The molecule has 0 unspecified atom stereocenters. The molecule has 0 radical (unpaired) electrons. The summed E-state index contributed by atoms with van der Waals surface area (Å²) in [7, 11) is -3.29. The molecule has 0 bridgehead atoms. The van der Waals surface area contributed by atoms with E-state index in [9.17, 15) is 27.6 Å². The number of halogens is 2. The number of pyridine rings is 1. The van der Waals surface area contributed by atoms with Gasteiger partial charge in [-0.05, 0) is 65.7 Å². The van der Waals surface area contributed by atoms with Crippen LogP contribution in [-0.2, 0) is 19.6 Å². The fourth-order valence-electron chi connectivity index (χ4n) is 6.22. The molecule has 248 valence electrons. The van der Waals surface area contributed by atoms with Gasteiger partial charge in [0.05, 0.1) is 29.7 Å². The van der Waals surface area contributed by atoms with Gasteiger partial charge in [0.1, 0.15) is 11.4 Å². The highest BCUT2D eigenvalue weighted by Gasteiger charge is 2.48. The molecule has 11 nitrogen and oxygen atoms in total. The van der Waals surface area contributed by atoms with Gasteiger partial charge in [-0.2, -0.15) is 0 Å². The van der Waals surface area contributed by atoms with Gasteiger partial charge in [0.25, 0.3) is 21.5 Å². The maximum Gasteiger partial charge on any atom is 0.337 e. The van der Waals surface area contributed by atoms with E-state index in [0.717, 1.165) is 4.31 Å². The number of sulfonamides is 1. The summed E-state index contributed by atoms with van der Waals surface area (Å²) in [6.45, 7) is 2.60. The lowest BCUT2D eigenvalue weighted by atomic mass is 9.94. The van der Waals surface area contributed by atoms with Gasteiger partial charge in [0.15, 0.2) is 0 Å². The number of aromatic nitrogens is 1. The van der Waals surface area contributed by atoms with Crippen LogP contribution in [0.5, 0.6) is 0 Å². The second kappa shape index (κ2) is 13.1. The third kappa shape index (κ3) is 5.95. The predicted molar refractivity (Wildman–Crippen MR) is 180 cm³/mol. The number of benzene rings is 3. The number of piperazine rings is 1. The average Bonchev–Trinajstić information content (AvgIpc) is 3.45. The molecule has 6 rings (SSSR count). The molecule has 1 saturated heterocycles. The van der Waals surface area contributed by atoms with Gasteiger partial charge in [-0.15, -0.1) is 0 Å². The first-order valence-corrected chi connectivity index (χ1v) is 17.2. The summed E-state index contributed by atoms with van der Waals surface area (Å²) in [4.78, 5) is 55.5. The third-order valence-corrected chi connectivity index (χ3v) is 10.9. The molecule has 0 aliphatic carbocycles. The van der Waals surface area contributed by atoms with E-state index in [1.54, 1.807) is 53.4 Å². The highest BCUT2D eigenvalue weighted by Crippen LogP contribution is 2.49. The summed E-state index contributed by atoms with van der Waals surface area (Å²) >= 11 is 12.5.